The summed E-state index contributed by atoms with van der Waals surface area (Å²) in [4.78, 5) is 14.4. The Morgan fingerprint density at radius 2 is 1.82 bits per heavy atom. The number of carbonyl (C=O) groups is 1. The van der Waals surface area contributed by atoms with Gasteiger partial charge in [-0.25, -0.2) is 4.79 Å². The van der Waals surface area contributed by atoms with Gasteiger partial charge in [-0.15, -0.1) is 8.78 Å². The summed E-state index contributed by atoms with van der Waals surface area (Å²) < 4.78 is 46.7. The van der Waals surface area contributed by atoms with Crippen LogP contribution in [-0.4, -0.2) is 41.1 Å². The molecule has 28 heavy (non-hydrogen) atoms. The second-order valence-corrected chi connectivity index (χ2v) is 8.63. The Kier molecular flexibility index (Phi) is 4.64. The molecule has 1 amide bonds. The largest absolute Gasteiger partial charge is 0.586 e. The van der Waals surface area contributed by atoms with Crippen LogP contribution in [-0.2, 0) is 16.1 Å². The highest BCUT2D eigenvalue weighted by Gasteiger charge is 2.45. The minimum Gasteiger partial charge on any atom is -0.444 e. The van der Waals surface area contributed by atoms with E-state index in [9.17, 15) is 13.6 Å². The fourth-order valence-corrected chi connectivity index (χ4v) is 4.17. The SMILES string of the molecule is CC(C)(C)OC(=O)N1[C@@H]2CC[C@H]1C[C@@H](OCc1ccc3c(c1)OC(F)(F)O3)C2. The van der Waals surface area contributed by atoms with E-state index in [4.69, 9.17) is 9.47 Å². The van der Waals surface area contributed by atoms with Crippen molar-refractivity contribution < 1.29 is 32.5 Å². The lowest BCUT2D eigenvalue weighted by molar-refractivity contribution is -0.286. The molecule has 0 radical (unpaired) electrons. The first-order chi connectivity index (χ1) is 13.1. The normalized spacial score (nSPS) is 27.8. The predicted octanol–water partition coefficient (Wildman–Crippen LogP) is 4.46. The Labute approximate surface area is 162 Å². The van der Waals surface area contributed by atoms with E-state index in [-0.39, 0.29) is 35.8 Å². The van der Waals surface area contributed by atoms with Gasteiger partial charge in [-0.2, -0.15) is 0 Å². The van der Waals surface area contributed by atoms with E-state index >= 15 is 0 Å². The van der Waals surface area contributed by atoms with E-state index in [0.717, 1.165) is 31.2 Å². The number of hydrogen-bond donors (Lipinski definition) is 0. The van der Waals surface area contributed by atoms with Gasteiger partial charge < -0.3 is 23.8 Å². The van der Waals surface area contributed by atoms with Gasteiger partial charge in [0.2, 0.25) is 0 Å². The minimum atomic E-state index is -3.62. The minimum absolute atomic E-state index is 0.0167. The summed E-state index contributed by atoms with van der Waals surface area (Å²) in [5.41, 5.74) is 0.224. The number of alkyl halides is 2. The monoisotopic (exact) mass is 397 g/mol. The highest BCUT2D eigenvalue weighted by Crippen LogP contribution is 2.42. The number of carbonyl (C=O) groups excluding carboxylic acids is 1. The van der Waals surface area contributed by atoms with E-state index in [0.29, 0.717) is 6.61 Å². The molecule has 0 aromatic heterocycles. The zero-order valence-corrected chi connectivity index (χ0v) is 16.2. The van der Waals surface area contributed by atoms with Crippen molar-refractivity contribution in [2.75, 3.05) is 0 Å². The third-order valence-electron chi connectivity index (χ3n) is 5.25. The number of nitrogens with zero attached hydrogens (tertiary/aromatic N) is 1. The molecule has 3 aliphatic heterocycles. The Balaban J connectivity index is 1.33. The molecule has 3 atom stereocenters. The van der Waals surface area contributed by atoms with Crippen LogP contribution in [0.25, 0.3) is 0 Å². The molecule has 154 valence electrons. The van der Waals surface area contributed by atoms with Gasteiger partial charge in [0.15, 0.2) is 11.5 Å². The number of halogens is 2. The van der Waals surface area contributed by atoms with E-state index in [1.807, 2.05) is 25.7 Å². The summed E-state index contributed by atoms with van der Waals surface area (Å²) in [6, 6.07) is 4.90. The molecule has 0 spiro atoms. The van der Waals surface area contributed by atoms with E-state index in [2.05, 4.69) is 9.47 Å². The Bertz CT molecular complexity index is 749. The van der Waals surface area contributed by atoms with Gasteiger partial charge in [0.1, 0.15) is 5.60 Å². The molecule has 0 unspecified atom stereocenters. The zero-order chi connectivity index (χ0) is 20.1. The lowest BCUT2D eigenvalue weighted by atomic mass is 10.00. The fraction of sp³-hybridized carbons (Fsp3) is 0.650. The standard InChI is InChI=1S/C20H25F2NO5/c1-19(2,3)28-18(24)23-13-5-6-14(23)10-15(9-13)25-11-12-4-7-16-17(8-12)27-20(21,22)26-16/h4,7-8,13-15H,5-6,9-11H2,1-3H3/t13-,14+,15+. The molecule has 0 N–H and O–H groups in total. The summed E-state index contributed by atoms with van der Waals surface area (Å²) >= 11 is 0. The molecular formula is C20H25F2NO5. The first kappa shape index (κ1) is 19.2. The molecule has 2 saturated heterocycles. The first-order valence-corrected chi connectivity index (χ1v) is 9.61. The van der Waals surface area contributed by atoms with Crippen molar-refractivity contribution in [1.82, 2.24) is 4.90 Å². The van der Waals surface area contributed by atoms with Crippen LogP contribution in [0.4, 0.5) is 13.6 Å². The molecular weight excluding hydrogens is 372 g/mol. The Hall–Kier alpha value is -2.09. The average molecular weight is 397 g/mol. The molecule has 1 aromatic carbocycles. The molecule has 0 aliphatic carbocycles. The maximum absolute atomic E-state index is 13.1. The van der Waals surface area contributed by atoms with Crippen LogP contribution in [0.5, 0.6) is 11.5 Å². The van der Waals surface area contributed by atoms with Gasteiger partial charge in [0.05, 0.1) is 12.7 Å². The molecule has 3 aliphatic rings. The number of ether oxygens (including phenoxy) is 4. The van der Waals surface area contributed by atoms with Crippen LogP contribution in [0.15, 0.2) is 18.2 Å². The van der Waals surface area contributed by atoms with Crippen molar-refractivity contribution in [3.63, 3.8) is 0 Å². The summed E-state index contributed by atoms with van der Waals surface area (Å²) in [5.74, 6) is 0.0448. The highest BCUT2D eigenvalue weighted by molar-refractivity contribution is 5.69. The second-order valence-electron chi connectivity index (χ2n) is 8.63. The predicted molar refractivity (Wildman–Crippen MR) is 95.3 cm³/mol. The Morgan fingerprint density at radius 3 is 2.46 bits per heavy atom. The summed E-state index contributed by atoms with van der Waals surface area (Å²) in [6.07, 6.45) is -0.462. The molecule has 2 fully saturated rings. The molecule has 8 heteroatoms. The molecule has 3 heterocycles. The van der Waals surface area contributed by atoms with E-state index in [1.54, 1.807) is 6.07 Å². The lowest BCUT2D eigenvalue weighted by Gasteiger charge is -2.39. The number of hydrogen-bond acceptors (Lipinski definition) is 5. The maximum Gasteiger partial charge on any atom is 0.586 e. The second kappa shape index (κ2) is 6.76. The van der Waals surface area contributed by atoms with Crippen LogP contribution < -0.4 is 9.47 Å². The summed E-state index contributed by atoms with van der Waals surface area (Å²) in [6.45, 7) is 5.89. The van der Waals surface area contributed by atoms with Gasteiger partial charge in [0, 0.05) is 12.1 Å². The quantitative estimate of drug-likeness (QED) is 0.754. The smallest absolute Gasteiger partial charge is 0.444 e. The molecule has 2 bridgehead atoms. The van der Waals surface area contributed by atoms with Crippen molar-refractivity contribution in [3.8, 4) is 11.5 Å². The molecule has 4 rings (SSSR count). The van der Waals surface area contributed by atoms with Crippen LogP contribution in [0.2, 0.25) is 0 Å². The average Bonchev–Trinajstić information content (AvgIpc) is 3.02. The maximum atomic E-state index is 13.1. The number of amides is 1. The van der Waals surface area contributed by atoms with Gasteiger partial charge in [-0.05, 0) is 64.2 Å². The number of benzene rings is 1. The van der Waals surface area contributed by atoms with Crippen LogP contribution >= 0.6 is 0 Å². The molecule has 1 aromatic rings. The summed E-state index contributed by atoms with van der Waals surface area (Å²) in [7, 11) is 0. The fourth-order valence-electron chi connectivity index (χ4n) is 4.17. The Morgan fingerprint density at radius 1 is 1.18 bits per heavy atom. The third kappa shape index (κ3) is 4.01. The van der Waals surface area contributed by atoms with Gasteiger partial charge >= 0.3 is 12.4 Å². The van der Waals surface area contributed by atoms with E-state index in [1.165, 1.54) is 12.1 Å². The van der Waals surface area contributed by atoms with Crippen LogP contribution in [0.1, 0.15) is 52.0 Å². The van der Waals surface area contributed by atoms with E-state index < -0.39 is 11.9 Å². The molecule has 0 saturated carbocycles. The van der Waals surface area contributed by atoms with Gasteiger partial charge in [-0.1, -0.05) is 6.07 Å². The number of piperidine rings is 1. The molecule has 6 nitrogen and oxygen atoms in total. The van der Waals surface area contributed by atoms with Crippen molar-refractivity contribution in [2.45, 2.75) is 83.1 Å². The van der Waals surface area contributed by atoms with Crippen molar-refractivity contribution in [2.24, 2.45) is 0 Å². The van der Waals surface area contributed by atoms with Gasteiger partial charge in [-0.3, -0.25) is 0 Å². The number of fused-ring (bicyclic) bond motifs is 3. The van der Waals surface area contributed by atoms with Crippen molar-refractivity contribution in [3.05, 3.63) is 23.8 Å². The highest BCUT2D eigenvalue weighted by atomic mass is 19.3. The lowest BCUT2D eigenvalue weighted by Crippen LogP contribution is -2.50. The van der Waals surface area contributed by atoms with Crippen molar-refractivity contribution in [1.29, 1.82) is 0 Å². The topological polar surface area (TPSA) is 57.2 Å². The van der Waals surface area contributed by atoms with Crippen LogP contribution in [0.3, 0.4) is 0 Å². The van der Waals surface area contributed by atoms with Crippen LogP contribution in [0, 0.1) is 0 Å². The van der Waals surface area contributed by atoms with Gasteiger partial charge in [0.25, 0.3) is 0 Å². The summed E-state index contributed by atoms with van der Waals surface area (Å²) in [5, 5.41) is 0. The van der Waals surface area contributed by atoms with Crippen molar-refractivity contribution >= 4 is 6.09 Å². The third-order valence-corrected chi connectivity index (χ3v) is 5.25. The zero-order valence-electron chi connectivity index (χ0n) is 16.2. The first-order valence-electron chi connectivity index (χ1n) is 9.61. The number of rotatable bonds is 3.